The molecule has 1 saturated carbocycles. The first-order chi connectivity index (χ1) is 18.4. The summed E-state index contributed by atoms with van der Waals surface area (Å²) in [5, 5.41) is 8.89. The molecule has 2 bridgehead atoms. The average molecular weight is 514 g/mol. The van der Waals surface area contributed by atoms with Crippen LogP contribution in [0.2, 0.25) is 0 Å². The van der Waals surface area contributed by atoms with Gasteiger partial charge in [0, 0.05) is 61.9 Å². The maximum Gasteiger partial charge on any atom is 0.251 e. The Hall–Kier alpha value is -3.71. The molecular formula is C31H39N5O2. The van der Waals surface area contributed by atoms with Gasteiger partial charge in [0.2, 0.25) is 0 Å². The normalized spacial score (nSPS) is 20.3. The molecule has 0 spiro atoms. The number of benzene rings is 2. The molecule has 1 unspecified atom stereocenters. The number of hydrogen-bond acceptors (Lipinski definition) is 5. The Labute approximate surface area is 226 Å². The van der Waals surface area contributed by atoms with Crippen molar-refractivity contribution in [3.8, 4) is 22.8 Å². The molecule has 2 aromatic heterocycles. The van der Waals surface area contributed by atoms with Gasteiger partial charge in [-0.05, 0) is 75.5 Å². The molecule has 7 nitrogen and oxygen atoms in total. The van der Waals surface area contributed by atoms with Crippen LogP contribution in [0.1, 0.15) is 49.7 Å². The minimum atomic E-state index is 0. The third kappa shape index (κ3) is 4.90. The molecule has 2 aromatic carbocycles. The smallest absolute Gasteiger partial charge is 0.251 e. The highest BCUT2D eigenvalue weighted by Crippen LogP contribution is 2.37. The molecule has 1 aliphatic carbocycles. The summed E-state index contributed by atoms with van der Waals surface area (Å²) in [6.45, 7) is 9.07. The van der Waals surface area contributed by atoms with Gasteiger partial charge in [-0.2, -0.15) is 5.10 Å². The lowest BCUT2D eigenvalue weighted by molar-refractivity contribution is 0.0912. The number of carbonyl (C=O) groups excluding carboxylic acids is 1. The first-order valence-corrected chi connectivity index (χ1v) is 13.5. The minimum absolute atomic E-state index is 0. The van der Waals surface area contributed by atoms with E-state index in [2.05, 4.69) is 27.3 Å². The monoisotopic (exact) mass is 513 g/mol. The van der Waals surface area contributed by atoms with E-state index in [4.69, 9.17) is 4.74 Å². The van der Waals surface area contributed by atoms with Gasteiger partial charge in [-0.15, -0.1) is 0 Å². The minimum Gasteiger partial charge on any atom is -0.457 e. The Morgan fingerprint density at radius 2 is 1.82 bits per heavy atom. The number of aromatic nitrogens is 3. The van der Waals surface area contributed by atoms with E-state index in [0.717, 1.165) is 57.7 Å². The number of carbonyl (C=O) groups is 1. The third-order valence-electron chi connectivity index (χ3n) is 7.87. The lowest BCUT2D eigenvalue weighted by atomic mass is 9.99. The number of rotatable bonds is 5. The van der Waals surface area contributed by atoms with E-state index in [0.29, 0.717) is 17.7 Å². The zero-order chi connectivity index (χ0) is 27.0. The Morgan fingerprint density at radius 3 is 2.53 bits per heavy atom. The van der Waals surface area contributed by atoms with Crippen LogP contribution >= 0.6 is 0 Å². The zero-order valence-electron chi connectivity index (χ0n) is 23.2. The zero-order valence-corrected chi connectivity index (χ0v) is 23.2. The van der Waals surface area contributed by atoms with Gasteiger partial charge in [0.05, 0.1) is 16.9 Å². The van der Waals surface area contributed by atoms with Crippen molar-refractivity contribution in [2.24, 2.45) is 13.0 Å². The van der Waals surface area contributed by atoms with Gasteiger partial charge in [0.25, 0.3) is 5.91 Å². The van der Waals surface area contributed by atoms with Gasteiger partial charge in [-0.3, -0.25) is 14.5 Å². The first kappa shape index (κ1) is 25.9. The Bertz CT molecular complexity index is 1480. The molecule has 1 amide bonds. The summed E-state index contributed by atoms with van der Waals surface area (Å²) in [5.74, 6) is 2.04. The van der Waals surface area contributed by atoms with Crippen LogP contribution in [0.5, 0.6) is 11.5 Å². The van der Waals surface area contributed by atoms with E-state index in [1.807, 2.05) is 88.0 Å². The van der Waals surface area contributed by atoms with Crippen molar-refractivity contribution < 1.29 is 11.0 Å². The Balaban J connectivity index is 0.00000115. The topological polar surface area (TPSA) is 72.3 Å². The summed E-state index contributed by atoms with van der Waals surface area (Å²) in [5.41, 5.74) is 5.45. The van der Waals surface area contributed by atoms with Gasteiger partial charge in [0.1, 0.15) is 11.5 Å². The van der Waals surface area contributed by atoms with Crippen LogP contribution in [0.4, 0.5) is 0 Å². The van der Waals surface area contributed by atoms with Crippen molar-refractivity contribution in [1.82, 2.24) is 25.0 Å². The number of nitrogens with one attached hydrogen (secondary N) is 1. The summed E-state index contributed by atoms with van der Waals surface area (Å²) in [7, 11) is 4.12. The molecule has 7 heteroatoms. The summed E-state index contributed by atoms with van der Waals surface area (Å²) >= 11 is 0. The molecule has 1 saturated heterocycles. The molecular weight excluding hydrogens is 474 g/mol. The molecule has 4 aromatic rings. The average Bonchev–Trinajstić information content (AvgIpc) is 3.57. The van der Waals surface area contributed by atoms with Gasteiger partial charge in [0.15, 0.2) is 0 Å². The maximum atomic E-state index is 13.0. The van der Waals surface area contributed by atoms with Crippen LogP contribution in [-0.4, -0.2) is 51.2 Å². The highest BCUT2D eigenvalue weighted by atomic mass is 16.5. The van der Waals surface area contributed by atoms with E-state index < -0.39 is 0 Å². The fraction of sp³-hybridized carbons (Fsp3) is 0.387. The highest BCUT2D eigenvalue weighted by molar-refractivity contribution is 5.96. The van der Waals surface area contributed by atoms with Crippen molar-refractivity contribution in [1.29, 1.82) is 0 Å². The molecule has 2 aliphatic rings. The van der Waals surface area contributed by atoms with Crippen molar-refractivity contribution in [2.75, 3.05) is 13.6 Å². The number of aryl methyl sites for hydroxylation is 3. The van der Waals surface area contributed by atoms with Crippen LogP contribution in [0, 0.1) is 19.8 Å². The van der Waals surface area contributed by atoms with Crippen molar-refractivity contribution in [2.45, 2.75) is 52.6 Å². The van der Waals surface area contributed by atoms with Crippen LogP contribution in [0.3, 0.4) is 0 Å². The molecule has 200 valence electrons. The standard InChI is InChI=1S/C29H31N5O2.C2H6.H2/c1-17-11-19(5-7-24(17)29(35)31-27-13-21-12-20(27)16-33(21)3)26-14-23(9-10-30-26)36-22-6-8-25-18(2)32-34(4)28(25)15-22;1-2;/h5-11,14-15,20-21,27H,12-13,16H2,1-4H3,(H,31,35);1-2H3;1H/t20?,21-,27-;;/m0../s1. The lowest BCUT2D eigenvalue weighted by Crippen LogP contribution is -2.44. The SMILES string of the molecule is CC.Cc1cc(-c2cc(Oc3ccc4c(C)nn(C)c4c3)ccn2)ccc1C(=O)N[C@H]1C[C@@H]2CC1CN2C.[HH]. The van der Waals surface area contributed by atoms with Gasteiger partial charge >= 0.3 is 0 Å². The fourth-order valence-corrected chi connectivity index (χ4v) is 5.93. The molecule has 3 heterocycles. The fourth-order valence-electron chi connectivity index (χ4n) is 5.93. The Kier molecular flexibility index (Phi) is 7.21. The van der Waals surface area contributed by atoms with Crippen molar-refractivity contribution in [3.05, 3.63) is 71.5 Å². The molecule has 2 fully saturated rings. The maximum absolute atomic E-state index is 13.0. The number of hydrogen-bond donors (Lipinski definition) is 1. The number of ether oxygens (including phenoxy) is 1. The number of piperidine rings is 1. The second-order valence-corrected chi connectivity index (χ2v) is 10.3. The summed E-state index contributed by atoms with van der Waals surface area (Å²) in [4.78, 5) is 20.0. The second kappa shape index (κ2) is 10.6. The molecule has 6 rings (SSSR count). The van der Waals surface area contributed by atoms with E-state index in [-0.39, 0.29) is 13.4 Å². The summed E-state index contributed by atoms with van der Waals surface area (Å²) in [6.07, 6.45) is 3.99. The molecule has 38 heavy (non-hydrogen) atoms. The van der Waals surface area contributed by atoms with Gasteiger partial charge in [-0.25, -0.2) is 0 Å². The largest absolute Gasteiger partial charge is 0.457 e. The first-order valence-electron chi connectivity index (χ1n) is 13.5. The number of likely N-dealkylation sites (tertiary alicyclic amines) is 1. The van der Waals surface area contributed by atoms with Crippen LogP contribution in [0.25, 0.3) is 22.2 Å². The number of fused-ring (bicyclic) bond motifs is 3. The van der Waals surface area contributed by atoms with E-state index in [9.17, 15) is 4.79 Å². The predicted octanol–water partition coefficient (Wildman–Crippen LogP) is 6.14. The number of nitrogens with zero attached hydrogens (tertiary/aromatic N) is 4. The second-order valence-electron chi connectivity index (χ2n) is 10.3. The van der Waals surface area contributed by atoms with Crippen LogP contribution in [-0.2, 0) is 7.05 Å². The van der Waals surface area contributed by atoms with Crippen LogP contribution in [0.15, 0.2) is 54.7 Å². The predicted molar refractivity (Wildman–Crippen MR) is 154 cm³/mol. The van der Waals surface area contributed by atoms with E-state index in [1.54, 1.807) is 6.20 Å². The molecule has 1 aliphatic heterocycles. The van der Waals surface area contributed by atoms with Gasteiger partial charge < -0.3 is 15.0 Å². The highest BCUT2D eigenvalue weighted by Gasteiger charge is 2.43. The van der Waals surface area contributed by atoms with Crippen LogP contribution < -0.4 is 10.1 Å². The quantitative estimate of drug-likeness (QED) is 0.347. The number of pyridine rings is 1. The number of amides is 1. The van der Waals surface area contributed by atoms with E-state index in [1.165, 1.54) is 6.42 Å². The summed E-state index contributed by atoms with van der Waals surface area (Å²) in [6, 6.07) is 16.6. The third-order valence-corrected chi connectivity index (χ3v) is 7.87. The molecule has 0 radical (unpaired) electrons. The lowest BCUT2D eigenvalue weighted by Gasteiger charge is -2.29. The Morgan fingerprint density at radius 1 is 1.03 bits per heavy atom. The van der Waals surface area contributed by atoms with Crippen molar-refractivity contribution >= 4 is 16.8 Å². The molecule has 1 N–H and O–H groups in total. The molecule has 3 atom stereocenters. The summed E-state index contributed by atoms with van der Waals surface area (Å²) < 4.78 is 8.03. The van der Waals surface area contributed by atoms with E-state index >= 15 is 0 Å². The van der Waals surface area contributed by atoms with Gasteiger partial charge in [-0.1, -0.05) is 19.9 Å². The van der Waals surface area contributed by atoms with Crippen molar-refractivity contribution in [3.63, 3.8) is 0 Å².